The molecule has 3 fully saturated rings. The molecule has 2 saturated carbocycles. The first-order valence-electron chi connectivity index (χ1n) is 9.48. The highest BCUT2D eigenvalue weighted by molar-refractivity contribution is 5.78. The summed E-state index contributed by atoms with van der Waals surface area (Å²) in [5, 5.41) is 3.29. The number of hydrogen-bond acceptors (Lipinski definition) is 3. The van der Waals surface area contributed by atoms with E-state index in [1.165, 1.54) is 51.4 Å². The molecule has 126 valence electrons. The van der Waals surface area contributed by atoms with Gasteiger partial charge in [-0.1, -0.05) is 32.6 Å². The quantitative estimate of drug-likeness (QED) is 0.865. The highest BCUT2D eigenvalue weighted by Gasteiger charge is 2.28. The molecule has 3 aliphatic rings. The Hall–Kier alpha value is -0.610. The molecule has 1 heterocycles. The molecule has 2 aliphatic carbocycles. The predicted octanol–water partition coefficient (Wildman–Crippen LogP) is 2.24. The van der Waals surface area contributed by atoms with E-state index in [0.717, 1.165) is 32.2 Å². The van der Waals surface area contributed by atoms with Gasteiger partial charge in [-0.15, -0.1) is 0 Å². The van der Waals surface area contributed by atoms with Gasteiger partial charge in [0.05, 0.1) is 6.54 Å². The standard InChI is InChI=1S/C18H33N3O/c1-15-6-2-5-9-17(15)19-18(22)14-20-10-12-21(13-11-20)16-7-3-4-8-16/h15-17H,2-14H2,1H3,(H,19,22). The molecule has 0 aromatic carbocycles. The first kappa shape index (κ1) is 16.3. The van der Waals surface area contributed by atoms with Crippen LogP contribution in [-0.2, 0) is 4.79 Å². The van der Waals surface area contributed by atoms with E-state index in [9.17, 15) is 4.79 Å². The van der Waals surface area contributed by atoms with Gasteiger partial charge in [0.2, 0.25) is 5.91 Å². The Morgan fingerprint density at radius 3 is 2.27 bits per heavy atom. The molecular formula is C18H33N3O. The molecule has 4 nitrogen and oxygen atoms in total. The van der Waals surface area contributed by atoms with Gasteiger partial charge >= 0.3 is 0 Å². The smallest absolute Gasteiger partial charge is 0.234 e. The van der Waals surface area contributed by atoms with E-state index < -0.39 is 0 Å². The maximum Gasteiger partial charge on any atom is 0.234 e. The van der Waals surface area contributed by atoms with Crippen molar-refractivity contribution in [1.82, 2.24) is 15.1 Å². The van der Waals surface area contributed by atoms with Gasteiger partial charge in [0, 0.05) is 38.3 Å². The summed E-state index contributed by atoms with van der Waals surface area (Å²) in [6.45, 7) is 7.30. The Kier molecular flexibility index (Phi) is 5.75. The average Bonchev–Trinajstić information content (AvgIpc) is 3.05. The van der Waals surface area contributed by atoms with Crippen molar-refractivity contribution >= 4 is 5.91 Å². The van der Waals surface area contributed by atoms with Gasteiger partial charge in [-0.3, -0.25) is 14.6 Å². The van der Waals surface area contributed by atoms with Gasteiger partial charge in [0.25, 0.3) is 0 Å². The minimum absolute atomic E-state index is 0.244. The Balaban J connectivity index is 1.37. The summed E-state index contributed by atoms with van der Waals surface area (Å²) in [4.78, 5) is 17.3. The Morgan fingerprint density at radius 2 is 1.59 bits per heavy atom. The molecule has 0 spiro atoms. The van der Waals surface area contributed by atoms with Crippen LogP contribution in [0.15, 0.2) is 0 Å². The molecule has 0 aromatic heterocycles. The molecule has 0 radical (unpaired) electrons. The minimum atomic E-state index is 0.244. The van der Waals surface area contributed by atoms with Crippen LogP contribution in [0.3, 0.4) is 0 Å². The zero-order valence-electron chi connectivity index (χ0n) is 14.2. The average molecular weight is 307 g/mol. The second-order valence-corrected chi connectivity index (χ2v) is 7.69. The van der Waals surface area contributed by atoms with Gasteiger partial charge in [0.1, 0.15) is 0 Å². The van der Waals surface area contributed by atoms with Crippen LogP contribution >= 0.6 is 0 Å². The Morgan fingerprint density at radius 1 is 0.955 bits per heavy atom. The molecule has 2 atom stereocenters. The molecule has 1 aliphatic heterocycles. The molecule has 0 bridgehead atoms. The van der Waals surface area contributed by atoms with E-state index >= 15 is 0 Å². The predicted molar refractivity (Wildman–Crippen MR) is 89.8 cm³/mol. The highest BCUT2D eigenvalue weighted by atomic mass is 16.2. The van der Waals surface area contributed by atoms with Crippen LogP contribution in [0, 0.1) is 5.92 Å². The van der Waals surface area contributed by atoms with Crippen LogP contribution in [-0.4, -0.2) is 60.5 Å². The van der Waals surface area contributed by atoms with Gasteiger partial charge in [-0.25, -0.2) is 0 Å². The molecule has 1 N–H and O–H groups in total. The molecule has 2 unspecified atom stereocenters. The van der Waals surface area contributed by atoms with Crippen molar-refractivity contribution in [2.24, 2.45) is 5.92 Å². The number of amides is 1. The third-order valence-corrected chi connectivity index (χ3v) is 6.07. The fourth-order valence-electron chi connectivity index (χ4n) is 4.54. The summed E-state index contributed by atoms with van der Waals surface area (Å²) < 4.78 is 0. The topological polar surface area (TPSA) is 35.6 Å². The molecule has 4 heteroatoms. The number of rotatable bonds is 4. The fraction of sp³-hybridized carbons (Fsp3) is 0.944. The summed E-state index contributed by atoms with van der Waals surface area (Å²) in [5.74, 6) is 0.894. The van der Waals surface area contributed by atoms with Crippen LogP contribution < -0.4 is 5.32 Å². The van der Waals surface area contributed by atoms with Crippen molar-refractivity contribution < 1.29 is 4.79 Å². The summed E-state index contributed by atoms with van der Waals surface area (Å²) in [7, 11) is 0. The SMILES string of the molecule is CC1CCCCC1NC(=O)CN1CCN(C2CCCC2)CC1. The lowest BCUT2D eigenvalue weighted by Gasteiger charge is -2.38. The van der Waals surface area contributed by atoms with Crippen molar-refractivity contribution in [2.45, 2.75) is 70.4 Å². The van der Waals surface area contributed by atoms with Crippen molar-refractivity contribution in [2.75, 3.05) is 32.7 Å². The van der Waals surface area contributed by atoms with Gasteiger partial charge < -0.3 is 5.32 Å². The Labute approximate surface area is 135 Å². The van der Waals surface area contributed by atoms with Crippen molar-refractivity contribution in [3.63, 3.8) is 0 Å². The molecule has 0 aromatic rings. The third-order valence-electron chi connectivity index (χ3n) is 6.07. The van der Waals surface area contributed by atoms with Crippen LogP contribution in [0.5, 0.6) is 0 Å². The van der Waals surface area contributed by atoms with E-state index in [0.29, 0.717) is 18.5 Å². The highest BCUT2D eigenvalue weighted by Crippen LogP contribution is 2.25. The number of nitrogens with zero attached hydrogens (tertiary/aromatic N) is 2. The second kappa shape index (κ2) is 7.78. The second-order valence-electron chi connectivity index (χ2n) is 7.69. The lowest BCUT2D eigenvalue weighted by Crippen LogP contribution is -2.53. The van der Waals surface area contributed by atoms with Crippen LogP contribution in [0.4, 0.5) is 0 Å². The minimum Gasteiger partial charge on any atom is -0.352 e. The zero-order valence-corrected chi connectivity index (χ0v) is 14.2. The normalized spacial score (nSPS) is 32.2. The summed E-state index contributed by atoms with van der Waals surface area (Å²) >= 11 is 0. The number of hydrogen-bond donors (Lipinski definition) is 1. The summed E-state index contributed by atoms with van der Waals surface area (Å²) in [6.07, 6.45) is 10.6. The molecule has 1 saturated heterocycles. The van der Waals surface area contributed by atoms with Gasteiger partial charge in [-0.2, -0.15) is 0 Å². The van der Waals surface area contributed by atoms with E-state index in [4.69, 9.17) is 0 Å². The lowest BCUT2D eigenvalue weighted by molar-refractivity contribution is -0.124. The van der Waals surface area contributed by atoms with Crippen molar-refractivity contribution in [3.8, 4) is 0 Å². The fourth-order valence-corrected chi connectivity index (χ4v) is 4.54. The van der Waals surface area contributed by atoms with Gasteiger partial charge in [-0.05, 0) is 31.6 Å². The number of carbonyl (C=O) groups excluding carboxylic acids is 1. The molecule has 3 rings (SSSR count). The Bertz CT molecular complexity index is 359. The van der Waals surface area contributed by atoms with Crippen molar-refractivity contribution in [3.05, 3.63) is 0 Å². The maximum atomic E-state index is 12.3. The largest absolute Gasteiger partial charge is 0.352 e. The number of carbonyl (C=O) groups is 1. The van der Waals surface area contributed by atoms with E-state index in [1.807, 2.05) is 0 Å². The van der Waals surface area contributed by atoms with Gasteiger partial charge in [0.15, 0.2) is 0 Å². The number of nitrogens with one attached hydrogen (secondary N) is 1. The first-order chi connectivity index (χ1) is 10.7. The number of piperazine rings is 1. The summed E-state index contributed by atoms with van der Waals surface area (Å²) in [5.41, 5.74) is 0. The monoisotopic (exact) mass is 307 g/mol. The van der Waals surface area contributed by atoms with E-state index in [1.54, 1.807) is 0 Å². The zero-order chi connectivity index (χ0) is 15.4. The van der Waals surface area contributed by atoms with E-state index in [2.05, 4.69) is 22.0 Å². The van der Waals surface area contributed by atoms with E-state index in [-0.39, 0.29) is 5.91 Å². The molecule has 22 heavy (non-hydrogen) atoms. The van der Waals surface area contributed by atoms with Crippen LogP contribution in [0.25, 0.3) is 0 Å². The third kappa shape index (κ3) is 4.23. The summed E-state index contributed by atoms with van der Waals surface area (Å²) in [6, 6.07) is 1.25. The van der Waals surface area contributed by atoms with Crippen molar-refractivity contribution in [1.29, 1.82) is 0 Å². The molecule has 1 amide bonds. The maximum absolute atomic E-state index is 12.3. The van der Waals surface area contributed by atoms with Crippen LogP contribution in [0.1, 0.15) is 58.3 Å². The first-order valence-corrected chi connectivity index (χ1v) is 9.48. The molecular weight excluding hydrogens is 274 g/mol. The van der Waals surface area contributed by atoms with Crippen LogP contribution in [0.2, 0.25) is 0 Å². The lowest BCUT2D eigenvalue weighted by atomic mass is 9.86.